The molecule has 18 heavy (non-hydrogen) atoms. The van der Waals surface area contributed by atoms with Gasteiger partial charge >= 0.3 is 5.97 Å². The molecule has 0 atom stereocenters. The highest BCUT2D eigenvalue weighted by Crippen LogP contribution is 2.22. The zero-order valence-electron chi connectivity index (χ0n) is 10.7. The number of hydroxylamine groups is 2. The first-order chi connectivity index (χ1) is 8.58. The molecule has 96 valence electrons. The number of fused-ring (bicyclic) bond motifs is 1. The molecule has 4 heteroatoms. The molecule has 0 radical (unpaired) electrons. The maximum atomic E-state index is 11.9. The van der Waals surface area contributed by atoms with Gasteiger partial charge in [0.05, 0.1) is 6.54 Å². The maximum absolute atomic E-state index is 11.9. The Labute approximate surface area is 106 Å². The number of hydrogen-bond donors (Lipinski definition) is 0. The van der Waals surface area contributed by atoms with Crippen LogP contribution < -0.4 is 0 Å². The van der Waals surface area contributed by atoms with E-state index in [0.717, 1.165) is 17.0 Å². The number of hydrogen-bond acceptors (Lipinski definition) is 3. The van der Waals surface area contributed by atoms with Crippen molar-refractivity contribution in [3.05, 3.63) is 35.4 Å². The van der Waals surface area contributed by atoms with Gasteiger partial charge in [-0.2, -0.15) is 5.06 Å². The summed E-state index contributed by atoms with van der Waals surface area (Å²) in [4.78, 5) is 28.6. The molecule has 0 saturated heterocycles. The van der Waals surface area contributed by atoms with Crippen LogP contribution in [-0.2, 0) is 16.2 Å². The normalized spacial score (nSPS) is 13.9. The van der Waals surface area contributed by atoms with Crippen LogP contribution in [0.25, 0.3) is 0 Å². The molecule has 0 unspecified atom stereocenters. The molecular formula is C14H17NO3. The van der Waals surface area contributed by atoms with Crippen LogP contribution in [-0.4, -0.2) is 16.9 Å². The van der Waals surface area contributed by atoms with Crippen LogP contribution in [0.1, 0.15) is 42.6 Å². The molecule has 1 heterocycles. The molecular weight excluding hydrogens is 230 g/mol. The Bertz CT molecular complexity index is 468. The lowest BCUT2D eigenvalue weighted by Gasteiger charge is -2.14. The third kappa shape index (κ3) is 2.70. The largest absolute Gasteiger partial charge is 0.338 e. The Hall–Kier alpha value is -1.84. The minimum atomic E-state index is -0.343. The standard InChI is InChI=1S/C14H17NO3/c1-10(2)7-8-13(16)18-15-9-11-5-3-4-6-12(11)14(15)17/h3-6,10H,7-9H2,1-2H3. The van der Waals surface area contributed by atoms with Crippen molar-refractivity contribution in [2.24, 2.45) is 5.92 Å². The Morgan fingerprint density at radius 2 is 2.11 bits per heavy atom. The van der Waals surface area contributed by atoms with Crippen LogP contribution in [0.3, 0.4) is 0 Å². The second-order valence-electron chi connectivity index (χ2n) is 4.89. The van der Waals surface area contributed by atoms with Crippen LogP contribution in [0.5, 0.6) is 0 Å². The maximum Gasteiger partial charge on any atom is 0.332 e. The van der Waals surface area contributed by atoms with Crippen molar-refractivity contribution >= 4 is 11.9 Å². The number of rotatable bonds is 4. The van der Waals surface area contributed by atoms with Gasteiger partial charge in [-0.05, 0) is 24.0 Å². The van der Waals surface area contributed by atoms with Crippen LogP contribution in [0.2, 0.25) is 0 Å². The first-order valence-electron chi connectivity index (χ1n) is 6.18. The van der Waals surface area contributed by atoms with E-state index in [1.165, 1.54) is 0 Å². The van der Waals surface area contributed by atoms with Crippen molar-refractivity contribution in [1.82, 2.24) is 5.06 Å². The molecule has 1 aliphatic heterocycles. The van der Waals surface area contributed by atoms with Crippen molar-refractivity contribution in [2.45, 2.75) is 33.2 Å². The van der Waals surface area contributed by atoms with Gasteiger partial charge in [0, 0.05) is 12.0 Å². The predicted octanol–water partition coefficient (Wildman–Crippen LogP) is 2.54. The SMILES string of the molecule is CC(C)CCC(=O)ON1Cc2ccccc2C1=O. The summed E-state index contributed by atoms with van der Waals surface area (Å²) in [5, 5.41) is 1.15. The molecule has 0 aliphatic carbocycles. The fraction of sp³-hybridized carbons (Fsp3) is 0.429. The molecule has 0 aromatic heterocycles. The van der Waals surface area contributed by atoms with E-state index in [0.29, 0.717) is 24.4 Å². The molecule has 0 saturated carbocycles. The average molecular weight is 247 g/mol. The first kappa shape index (κ1) is 12.6. The Balaban J connectivity index is 1.94. The molecule has 0 fully saturated rings. The highest BCUT2D eigenvalue weighted by molar-refractivity contribution is 5.98. The third-order valence-electron chi connectivity index (χ3n) is 2.93. The van der Waals surface area contributed by atoms with Gasteiger partial charge in [-0.25, -0.2) is 4.79 Å². The molecule has 0 bridgehead atoms. The van der Waals surface area contributed by atoms with Gasteiger partial charge in [0.2, 0.25) is 0 Å². The van der Waals surface area contributed by atoms with Gasteiger partial charge in [0.25, 0.3) is 5.91 Å². The topological polar surface area (TPSA) is 46.6 Å². The zero-order chi connectivity index (χ0) is 13.1. The van der Waals surface area contributed by atoms with Gasteiger partial charge in [-0.15, -0.1) is 0 Å². The first-order valence-corrected chi connectivity index (χ1v) is 6.18. The van der Waals surface area contributed by atoms with Gasteiger partial charge in [0.1, 0.15) is 0 Å². The molecule has 1 amide bonds. The van der Waals surface area contributed by atoms with E-state index in [-0.39, 0.29) is 11.9 Å². The van der Waals surface area contributed by atoms with E-state index in [1.54, 1.807) is 12.1 Å². The summed E-state index contributed by atoms with van der Waals surface area (Å²) in [7, 11) is 0. The Morgan fingerprint density at radius 1 is 1.39 bits per heavy atom. The van der Waals surface area contributed by atoms with Crippen molar-refractivity contribution in [3.8, 4) is 0 Å². The van der Waals surface area contributed by atoms with Gasteiger partial charge in [-0.1, -0.05) is 32.0 Å². The Kier molecular flexibility index (Phi) is 3.65. The van der Waals surface area contributed by atoms with Gasteiger partial charge < -0.3 is 4.84 Å². The van der Waals surface area contributed by atoms with E-state index >= 15 is 0 Å². The molecule has 0 N–H and O–H groups in total. The summed E-state index contributed by atoms with van der Waals surface area (Å²) in [6.45, 7) is 4.44. The monoisotopic (exact) mass is 247 g/mol. The van der Waals surface area contributed by atoms with Gasteiger partial charge in [-0.3, -0.25) is 4.79 Å². The number of nitrogens with zero attached hydrogens (tertiary/aromatic N) is 1. The van der Waals surface area contributed by atoms with Crippen LogP contribution in [0, 0.1) is 5.92 Å². The van der Waals surface area contributed by atoms with E-state index in [2.05, 4.69) is 0 Å². The Morgan fingerprint density at radius 3 is 2.78 bits per heavy atom. The summed E-state index contributed by atoms with van der Waals surface area (Å²) in [6.07, 6.45) is 1.12. The highest BCUT2D eigenvalue weighted by Gasteiger charge is 2.29. The minimum Gasteiger partial charge on any atom is -0.338 e. The fourth-order valence-corrected chi connectivity index (χ4v) is 1.88. The lowest BCUT2D eigenvalue weighted by Crippen LogP contribution is -2.27. The minimum absolute atomic E-state index is 0.233. The summed E-state index contributed by atoms with van der Waals surface area (Å²) in [5.74, 6) is -0.127. The second kappa shape index (κ2) is 5.21. The van der Waals surface area contributed by atoms with E-state index in [4.69, 9.17) is 4.84 Å². The van der Waals surface area contributed by atoms with Crippen molar-refractivity contribution in [3.63, 3.8) is 0 Å². The quantitative estimate of drug-likeness (QED) is 0.821. The molecule has 2 rings (SSSR count). The molecule has 1 aliphatic rings. The van der Waals surface area contributed by atoms with Crippen LogP contribution in [0.15, 0.2) is 24.3 Å². The van der Waals surface area contributed by atoms with E-state index in [9.17, 15) is 9.59 Å². The number of amides is 1. The van der Waals surface area contributed by atoms with E-state index in [1.807, 2.05) is 26.0 Å². The number of carbonyl (C=O) groups is 2. The van der Waals surface area contributed by atoms with Gasteiger partial charge in [0.15, 0.2) is 0 Å². The highest BCUT2D eigenvalue weighted by atomic mass is 16.7. The predicted molar refractivity (Wildman–Crippen MR) is 66.5 cm³/mol. The molecule has 0 spiro atoms. The summed E-state index contributed by atoms with van der Waals surface area (Å²) in [6, 6.07) is 7.30. The molecule has 1 aromatic rings. The molecule has 4 nitrogen and oxygen atoms in total. The van der Waals surface area contributed by atoms with Crippen molar-refractivity contribution < 1.29 is 14.4 Å². The van der Waals surface area contributed by atoms with Crippen molar-refractivity contribution in [1.29, 1.82) is 0 Å². The van der Waals surface area contributed by atoms with E-state index < -0.39 is 0 Å². The summed E-state index contributed by atoms with van der Waals surface area (Å²) >= 11 is 0. The smallest absolute Gasteiger partial charge is 0.332 e. The van der Waals surface area contributed by atoms with Crippen molar-refractivity contribution in [2.75, 3.05) is 0 Å². The number of benzene rings is 1. The van der Waals surface area contributed by atoms with Crippen LogP contribution >= 0.6 is 0 Å². The third-order valence-corrected chi connectivity index (χ3v) is 2.93. The summed E-state index contributed by atoms with van der Waals surface area (Å²) in [5.41, 5.74) is 1.52. The molecule has 1 aromatic carbocycles. The lowest BCUT2D eigenvalue weighted by atomic mass is 10.1. The van der Waals surface area contributed by atoms with Crippen LogP contribution in [0.4, 0.5) is 0 Å². The number of carbonyl (C=O) groups excluding carboxylic acids is 2. The zero-order valence-corrected chi connectivity index (χ0v) is 10.7. The average Bonchev–Trinajstić information content (AvgIpc) is 2.65. The second-order valence-corrected chi connectivity index (χ2v) is 4.89. The lowest BCUT2D eigenvalue weighted by molar-refractivity contribution is -0.178. The fourth-order valence-electron chi connectivity index (χ4n) is 1.88. The summed E-state index contributed by atoms with van der Waals surface area (Å²) < 4.78 is 0.